The van der Waals surface area contributed by atoms with Crippen LogP contribution in [0.25, 0.3) is 5.52 Å². The van der Waals surface area contributed by atoms with Crippen molar-refractivity contribution in [1.29, 1.82) is 5.26 Å². The van der Waals surface area contributed by atoms with Gasteiger partial charge >= 0.3 is 7.82 Å². The second kappa shape index (κ2) is 25.4. The number of nitrogens with two attached hydrogens (primary N) is 1. The molecule has 3 aromatic rings. The number of halogens is 1. The fourth-order valence-electron chi connectivity index (χ4n) is 7.25. The first kappa shape index (κ1) is 48.3. The third-order valence-corrected chi connectivity index (χ3v) is 11.6. The molecule has 0 amide bonds. The molecule has 1 saturated heterocycles. The van der Waals surface area contributed by atoms with Gasteiger partial charge in [0, 0.05) is 19.9 Å². The Balaban J connectivity index is 1.21. The van der Waals surface area contributed by atoms with E-state index in [4.69, 9.17) is 34.3 Å². The number of aromatic nitrogens is 3. The topological polar surface area (TPSA) is 216 Å². The highest BCUT2D eigenvalue weighted by Gasteiger charge is 2.56. The molecule has 3 heterocycles. The zero-order valence-electron chi connectivity index (χ0n) is 34.6. The summed E-state index contributed by atoms with van der Waals surface area (Å²) >= 11 is 0. The smallest absolute Gasteiger partial charge is 0.387 e. The molecule has 6 atom stereocenters. The Bertz CT molecular complexity index is 1810. The van der Waals surface area contributed by atoms with Gasteiger partial charge in [0.2, 0.25) is 0 Å². The van der Waals surface area contributed by atoms with Crippen LogP contribution in [0.4, 0.5) is 10.2 Å². The summed E-state index contributed by atoms with van der Waals surface area (Å²) in [5.74, 6) is -0.509. The summed E-state index contributed by atoms with van der Waals surface area (Å²) in [7, 11) is -3.32. The van der Waals surface area contributed by atoms with Gasteiger partial charge in [0.05, 0.1) is 37.7 Å². The maximum absolute atomic E-state index is 14.3. The summed E-state index contributed by atoms with van der Waals surface area (Å²) in [6.07, 6.45) is 17.4. The Hall–Kier alpha value is -3.36. The number of anilines is 1. The molecule has 0 saturated carbocycles. The highest BCUT2D eigenvalue weighted by Crippen LogP contribution is 2.46. The molecular formula is C42H64FN6O9P. The van der Waals surface area contributed by atoms with Gasteiger partial charge in [0.1, 0.15) is 48.1 Å². The maximum atomic E-state index is 14.3. The number of unbranched alkanes of at least 4 members (excludes halogenated alkanes) is 15. The Kier molecular flexibility index (Phi) is 20.8. The normalized spacial score (nSPS) is 21.0. The molecule has 1 aliphatic heterocycles. The molecule has 0 aliphatic carbocycles. The number of nitrogen functional groups attached to an aromatic ring is 1. The number of hydrogen-bond acceptors (Lipinski definition) is 13. The molecule has 0 spiro atoms. The summed E-state index contributed by atoms with van der Waals surface area (Å²) in [6, 6.07) is 9.09. The van der Waals surface area contributed by atoms with Crippen molar-refractivity contribution < 1.29 is 47.3 Å². The quantitative estimate of drug-likeness (QED) is 0.0294. The van der Waals surface area contributed by atoms with Crippen LogP contribution in [-0.4, -0.2) is 93.8 Å². The monoisotopic (exact) mass is 846 g/mol. The highest BCUT2D eigenvalue weighted by molar-refractivity contribution is 7.47. The average Bonchev–Trinajstić information content (AvgIpc) is 3.77. The lowest BCUT2D eigenvalue weighted by Crippen LogP contribution is -2.43. The van der Waals surface area contributed by atoms with Crippen molar-refractivity contribution in [2.24, 2.45) is 4.99 Å². The number of ether oxygens (including phenoxy) is 3. The number of fused-ring (bicyclic) bond motifs is 1. The zero-order chi connectivity index (χ0) is 42.5. The Labute approximate surface area is 347 Å². The van der Waals surface area contributed by atoms with Crippen LogP contribution in [0.2, 0.25) is 0 Å². The van der Waals surface area contributed by atoms with Crippen LogP contribution in [0.5, 0.6) is 0 Å². The summed E-state index contributed by atoms with van der Waals surface area (Å²) in [4.78, 5) is 18.7. The van der Waals surface area contributed by atoms with Crippen molar-refractivity contribution in [3.05, 3.63) is 59.3 Å². The van der Waals surface area contributed by atoms with E-state index >= 15 is 0 Å². The molecule has 5 N–H and O–H groups in total. The van der Waals surface area contributed by atoms with Crippen LogP contribution in [-0.2, 0) is 40.0 Å². The molecule has 15 nitrogen and oxygen atoms in total. The first-order valence-corrected chi connectivity index (χ1v) is 22.6. The summed E-state index contributed by atoms with van der Waals surface area (Å²) in [6.45, 7) is 1.58. The average molecular weight is 847 g/mol. The van der Waals surface area contributed by atoms with E-state index in [1.165, 1.54) is 120 Å². The van der Waals surface area contributed by atoms with E-state index in [1.807, 2.05) is 0 Å². The van der Waals surface area contributed by atoms with Crippen molar-refractivity contribution in [2.75, 3.05) is 39.2 Å². The van der Waals surface area contributed by atoms with Crippen LogP contribution in [0.15, 0.2) is 41.7 Å². The third kappa shape index (κ3) is 14.9. The molecule has 2 aromatic heterocycles. The lowest BCUT2D eigenvalue weighted by molar-refractivity contribution is -0.0626. The van der Waals surface area contributed by atoms with E-state index in [0.29, 0.717) is 17.7 Å². The molecule has 0 bridgehead atoms. The minimum Gasteiger partial charge on any atom is -0.387 e. The number of nitriles is 1. The molecule has 328 valence electrons. The van der Waals surface area contributed by atoms with Crippen LogP contribution < -0.4 is 5.73 Å². The summed E-state index contributed by atoms with van der Waals surface area (Å²) in [5.41, 5.74) is 5.32. The minimum absolute atomic E-state index is 0.0202. The van der Waals surface area contributed by atoms with Gasteiger partial charge in [-0.25, -0.2) is 18.5 Å². The number of nitrogens with zero attached hydrogens (tertiary/aromatic N) is 5. The first-order valence-electron chi connectivity index (χ1n) is 21.1. The van der Waals surface area contributed by atoms with Gasteiger partial charge in [-0.2, -0.15) is 10.4 Å². The van der Waals surface area contributed by atoms with Gasteiger partial charge in [-0.15, -0.1) is 0 Å². The lowest BCUT2D eigenvalue weighted by atomic mass is 9.92. The number of phosphoric ester groups is 1. The Morgan fingerprint density at radius 1 is 1.00 bits per heavy atom. The standard InChI is InChI=1S/C42H64FN6O9P/c1-3-4-5-6-7-8-9-10-11-12-13-14-15-16-17-18-23-54-27-34(55-26-32-19-20-33(25-44)35(43)24-32)28-56-59(52,53)57-29-37-39(50)40(51)42(58-37,30-46-2)38-22-21-36-41(45)47-31-48-49(36)38/h19-22,24,30-31,34,37,39-40,50-51H,3-18,23,26-29H2,1-2H3,(H,52,53)(H2,45,47,48)/b46-30-/t34-,37?,39-,40-,42+/m1/s1. The molecule has 2 unspecified atom stereocenters. The highest BCUT2D eigenvalue weighted by atomic mass is 31.2. The number of aliphatic hydroxyl groups excluding tert-OH is 2. The molecular weight excluding hydrogens is 782 g/mol. The number of benzene rings is 1. The van der Waals surface area contributed by atoms with Gasteiger partial charge in [-0.05, 0) is 36.2 Å². The first-order chi connectivity index (χ1) is 28.5. The fraction of sp³-hybridized carbons (Fsp3) is 0.667. The van der Waals surface area contributed by atoms with Crippen LogP contribution in [0.3, 0.4) is 0 Å². The zero-order valence-corrected chi connectivity index (χ0v) is 35.5. The molecule has 1 aliphatic rings. The Morgan fingerprint density at radius 3 is 2.25 bits per heavy atom. The SMILES string of the molecule is CCCCCCCCCCCCCCCCCCOC[C@H](COP(=O)(O)OCC1O[C@@](/C=N\C)(c2ccc3c(N)ncnn23)[C@H](O)[C@@H]1O)OCc1ccc(C#N)c(F)c1. The van der Waals surface area contributed by atoms with E-state index in [0.717, 1.165) is 19.3 Å². The van der Waals surface area contributed by atoms with Gasteiger partial charge in [-0.3, -0.25) is 14.0 Å². The van der Waals surface area contributed by atoms with Gasteiger partial charge in [0.15, 0.2) is 11.4 Å². The summed E-state index contributed by atoms with van der Waals surface area (Å²) < 4.78 is 57.2. The largest absolute Gasteiger partial charge is 0.472 e. The third-order valence-electron chi connectivity index (χ3n) is 10.6. The second-order valence-electron chi connectivity index (χ2n) is 15.2. The Morgan fingerprint density at radius 2 is 1.64 bits per heavy atom. The summed E-state index contributed by atoms with van der Waals surface area (Å²) in [5, 5.41) is 35.5. The van der Waals surface area contributed by atoms with E-state index in [9.17, 15) is 24.1 Å². The van der Waals surface area contributed by atoms with E-state index in [1.54, 1.807) is 24.3 Å². The van der Waals surface area contributed by atoms with Crippen LogP contribution in [0, 0.1) is 17.1 Å². The van der Waals surface area contributed by atoms with Gasteiger partial charge < -0.3 is 35.1 Å². The second-order valence-corrected chi connectivity index (χ2v) is 16.7. The van der Waals surface area contributed by atoms with E-state index < -0.39 is 56.9 Å². The number of aliphatic hydroxyl groups is 2. The van der Waals surface area contributed by atoms with Crippen molar-refractivity contribution >= 4 is 25.4 Å². The van der Waals surface area contributed by atoms with Crippen molar-refractivity contribution in [3.63, 3.8) is 0 Å². The molecule has 0 radical (unpaired) electrons. The number of phosphoric acid groups is 1. The number of aliphatic imine (C=N–C) groups is 1. The van der Waals surface area contributed by atoms with E-state index in [2.05, 4.69) is 22.0 Å². The van der Waals surface area contributed by atoms with Crippen LogP contribution >= 0.6 is 7.82 Å². The number of hydrogen-bond donors (Lipinski definition) is 4. The lowest BCUT2D eigenvalue weighted by Gasteiger charge is -2.27. The van der Waals surface area contributed by atoms with Gasteiger partial charge in [-0.1, -0.05) is 109 Å². The molecule has 4 rings (SSSR count). The van der Waals surface area contributed by atoms with Crippen molar-refractivity contribution in [3.8, 4) is 6.07 Å². The molecule has 59 heavy (non-hydrogen) atoms. The number of rotatable bonds is 30. The minimum atomic E-state index is -4.78. The predicted octanol–water partition coefficient (Wildman–Crippen LogP) is 7.34. The van der Waals surface area contributed by atoms with Crippen molar-refractivity contribution in [1.82, 2.24) is 14.6 Å². The molecule has 17 heteroatoms. The van der Waals surface area contributed by atoms with Crippen LogP contribution in [0.1, 0.15) is 126 Å². The molecule has 1 fully saturated rings. The van der Waals surface area contributed by atoms with Crippen molar-refractivity contribution in [2.45, 2.75) is 146 Å². The van der Waals surface area contributed by atoms with E-state index in [-0.39, 0.29) is 30.3 Å². The predicted molar refractivity (Wildman–Crippen MR) is 222 cm³/mol. The fourth-order valence-corrected chi connectivity index (χ4v) is 8.02. The van der Waals surface area contributed by atoms with Gasteiger partial charge in [0.25, 0.3) is 0 Å². The molecule has 1 aromatic carbocycles. The maximum Gasteiger partial charge on any atom is 0.472 e.